The molecule has 3 rings (SSSR count). The van der Waals surface area contributed by atoms with Crippen LogP contribution in [0, 0.1) is 0 Å². The third-order valence-corrected chi connectivity index (χ3v) is 4.93. The number of carbonyl (C=O) groups is 2. The second kappa shape index (κ2) is 7.55. The molecule has 0 radical (unpaired) electrons. The number of rotatable bonds is 4. The lowest BCUT2D eigenvalue weighted by molar-refractivity contribution is -0.121. The molecule has 2 N–H and O–H groups in total. The van der Waals surface area contributed by atoms with Crippen molar-refractivity contribution in [3.05, 3.63) is 58.5 Å². The highest BCUT2D eigenvalue weighted by Gasteiger charge is 2.30. The number of aromatic carboxylic acids is 1. The number of thioether (sulfide) groups is 1. The van der Waals surface area contributed by atoms with Gasteiger partial charge in [0.25, 0.3) is 5.91 Å². The smallest absolute Gasteiger partial charge is 0.339 e. The molecule has 27 heavy (non-hydrogen) atoms. The van der Waals surface area contributed by atoms with Crippen molar-refractivity contribution >= 4 is 40.6 Å². The van der Waals surface area contributed by atoms with Gasteiger partial charge in [-0.05, 0) is 36.0 Å². The summed E-state index contributed by atoms with van der Waals surface area (Å²) in [4.78, 5) is 29.7. The summed E-state index contributed by atoms with van der Waals surface area (Å²) < 4.78 is 5.30. The number of likely N-dealkylation sites (N-methyl/N-ethyl adjacent to an activating group) is 1. The first-order valence-corrected chi connectivity index (χ1v) is 8.68. The Bertz CT molecular complexity index is 984. The van der Waals surface area contributed by atoms with E-state index in [1.165, 1.54) is 34.9 Å². The SMILES string of the molecule is COc1ccccc1/C=C1\SC(=Nc2ccc(C(=O)O)c(O)c2)N(C)C1=O. The number of aromatic hydroxyl groups is 1. The summed E-state index contributed by atoms with van der Waals surface area (Å²) in [5.41, 5.74) is 0.909. The average Bonchev–Trinajstić information content (AvgIpc) is 2.90. The van der Waals surface area contributed by atoms with Gasteiger partial charge in [-0.15, -0.1) is 0 Å². The number of carboxylic acids is 1. The molecular formula is C19H16N2O5S. The van der Waals surface area contributed by atoms with E-state index in [0.717, 1.165) is 5.56 Å². The molecule has 1 saturated heterocycles. The molecule has 0 aromatic heterocycles. The van der Waals surface area contributed by atoms with Crippen molar-refractivity contribution < 1.29 is 24.5 Å². The van der Waals surface area contributed by atoms with Crippen molar-refractivity contribution in [2.75, 3.05) is 14.2 Å². The summed E-state index contributed by atoms with van der Waals surface area (Å²) in [6.07, 6.45) is 1.73. The minimum atomic E-state index is -1.23. The Morgan fingerprint density at radius 2 is 2.00 bits per heavy atom. The van der Waals surface area contributed by atoms with Crippen LogP contribution in [0.4, 0.5) is 5.69 Å². The van der Waals surface area contributed by atoms with E-state index in [9.17, 15) is 14.7 Å². The second-order valence-electron chi connectivity index (χ2n) is 5.62. The van der Waals surface area contributed by atoms with Crippen LogP contribution in [0.5, 0.6) is 11.5 Å². The van der Waals surface area contributed by atoms with Crippen LogP contribution in [-0.4, -0.2) is 46.3 Å². The monoisotopic (exact) mass is 384 g/mol. The maximum atomic E-state index is 12.5. The lowest BCUT2D eigenvalue weighted by Gasteiger charge is -2.07. The molecule has 138 valence electrons. The largest absolute Gasteiger partial charge is 0.507 e. The van der Waals surface area contributed by atoms with Gasteiger partial charge >= 0.3 is 5.97 Å². The summed E-state index contributed by atoms with van der Waals surface area (Å²) in [5.74, 6) is -1.17. The number of para-hydroxylation sites is 1. The van der Waals surface area contributed by atoms with E-state index >= 15 is 0 Å². The summed E-state index contributed by atoms with van der Waals surface area (Å²) in [7, 11) is 3.16. The number of aliphatic imine (C=N–C) groups is 1. The van der Waals surface area contributed by atoms with E-state index in [0.29, 0.717) is 21.5 Å². The number of carbonyl (C=O) groups excluding carboxylic acids is 1. The van der Waals surface area contributed by atoms with Crippen LogP contribution in [0.1, 0.15) is 15.9 Å². The number of hydrogen-bond donors (Lipinski definition) is 2. The number of nitrogens with zero attached hydrogens (tertiary/aromatic N) is 2. The molecular weight excluding hydrogens is 368 g/mol. The fourth-order valence-corrected chi connectivity index (χ4v) is 3.44. The second-order valence-corrected chi connectivity index (χ2v) is 6.63. The number of phenols is 1. The van der Waals surface area contributed by atoms with Gasteiger partial charge in [0, 0.05) is 18.7 Å². The van der Waals surface area contributed by atoms with Gasteiger partial charge in [0.2, 0.25) is 0 Å². The molecule has 0 atom stereocenters. The Balaban J connectivity index is 1.92. The molecule has 0 spiro atoms. The Labute approximate surface area is 159 Å². The Kier molecular flexibility index (Phi) is 5.18. The predicted molar refractivity (Wildman–Crippen MR) is 103 cm³/mol. The highest BCUT2D eigenvalue weighted by Crippen LogP contribution is 2.35. The molecule has 1 heterocycles. The van der Waals surface area contributed by atoms with Crippen LogP contribution in [0.15, 0.2) is 52.4 Å². The maximum Gasteiger partial charge on any atom is 0.339 e. The zero-order valence-electron chi connectivity index (χ0n) is 14.5. The molecule has 8 heteroatoms. The van der Waals surface area contributed by atoms with Crippen LogP contribution in [0.2, 0.25) is 0 Å². The lowest BCUT2D eigenvalue weighted by atomic mass is 10.2. The summed E-state index contributed by atoms with van der Waals surface area (Å²) >= 11 is 1.19. The molecule has 0 aliphatic carbocycles. The van der Waals surface area contributed by atoms with E-state index in [2.05, 4.69) is 4.99 Å². The van der Waals surface area contributed by atoms with Gasteiger partial charge in [-0.3, -0.25) is 9.69 Å². The molecule has 0 saturated carbocycles. The van der Waals surface area contributed by atoms with Crippen LogP contribution in [0.3, 0.4) is 0 Å². The number of amides is 1. The molecule has 1 aliphatic rings. The number of carboxylic acid groups (broad SMARTS) is 1. The van der Waals surface area contributed by atoms with Crippen molar-refractivity contribution in [1.29, 1.82) is 0 Å². The van der Waals surface area contributed by atoms with Crippen LogP contribution in [-0.2, 0) is 4.79 Å². The summed E-state index contributed by atoms with van der Waals surface area (Å²) in [6, 6.07) is 11.3. The lowest BCUT2D eigenvalue weighted by Crippen LogP contribution is -2.23. The third-order valence-electron chi connectivity index (χ3n) is 3.87. The first-order chi connectivity index (χ1) is 12.9. The van der Waals surface area contributed by atoms with E-state index in [-0.39, 0.29) is 17.2 Å². The summed E-state index contributed by atoms with van der Waals surface area (Å²) in [6.45, 7) is 0. The minimum Gasteiger partial charge on any atom is -0.507 e. The Hall–Kier alpha value is -3.26. The molecule has 1 aliphatic heterocycles. The first kappa shape index (κ1) is 18.5. The van der Waals surface area contributed by atoms with Crippen LogP contribution >= 0.6 is 11.8 Å². The average molecular weight is 384 g/mol. The number of methoxy groups -OCH3 is 1. The molecule has 1 fully saturated rings. The van der Waals surface area contributed by atoms with Crippen molar-refractivity contribution in [3.8, 4) is 11.5 Å². The van der Waals surface area contributed by atoms with Crippen LogP contribution < -0.4 is 4.74 Å². The molecule has 2 aromatic carbocycles. The van der Waals surface area contributed by atoms with Gasteiger partial charge in [-0.1, -0.05) is 18.2 Å². The first-order valence-electron chi connectivity index (χ1n) is 7.86. The van der Waals surface area contributed by atoms with Crippen molar-refractivity contribution in [3.63, 3.8) is 0 Å². The van der Waals surface area contributed by atoms with Crippen molar-refractivity contribution in [2.45, 2.75) is 0 Å². The van der Waals surface area contributed by atoms with Gasteiger partial charge in [-0.25, -0.2) is 9.79 Å². The number of amidine groups is 1. The summed E-state index contributed by atoms with van der Waals surface area (Å²) in [5, 5.41) is 19.2. The minimum absolute atomic E-state index is 0.209. The van der Waals surface area contributed by atoms with Gasteiger partial charge < -0.3 is 14.9 Å². The molecule has 0 unspecified atom stereocenters. The van der Waals surface area contributed by atoms with E-state index < -0.39 is 5.97 Å². The standard InChI is InChI=1S/C19H16N2O5S/c1-21-17(23)16(9-11-5-3-4-6-15(11)26-2)27-19(21)20-12-7-8-13(18(24)25)14(22)10-12/h3-10,22H,1-2H3,(H,24,25)/b16-9-,20-19?. The van der Waals surface area contributed by atoms with Gasteiger partial charge in [0.05, 0.1) is 17.7 Å². The molecule has 7 nitrogen and oxygen atoms in total. The highest BCUT2D eigenvalue weighted by molar-refractivity contribution is 8.18. The normalized spacial score (nSPS) is 17.0. The molecule has 0 bridgehead atoms. The van der Waals surface area contributed by atoms with E-state index in [4.69, 9.17) is 9.84 Å². The van der Waals surface area contributed by atoms with Gasteiger partial charge in [0.1, 0.15) is 17.1 Å². The van der Waals surface area contributed by atoms with Gasteiger partial charge in [-0.2, -0.15) is 0 Å². The zero-order valence-corrected chi connectivity index (χ0v) is 15.4. The highest BCUT2D eigenvalue weighted by atomic mass is 32.2. The number of benzene rings is 2. The van der Waals surface area contributed by atoms with Gasteiger partial charge in [0.15, 0.2) is 5.17 Å². The fraction of sp³-hybridized carbons (Fsp3) is 0.105. The van der Waals surface area contributed by atoms with Crippen molar-refractivity contribution in [1.82, 2.24) is 4.90 Å². The maximum absolute atomic E-state index is 12.5. The van der Waals surface area contributed by atoms with Crippen molar-refractivity contribution in [2.24, 2.45) is 4.99 Å². The zero-order chi connectivity index (χ0) is 19.6. The number of ether oxygens (including phenoxy) is 1. The van der Waals surface area contributed by atoms with E-state index in [1.54, 1.807) is 20.2 Å². The molecule has 2 aromatic rings. The third kappa shape index (κ3) is 3.80. The Morgan fingerprint density at radius 1 is 1.26 bits per heavy atom. The Morgan fingerprint density at radius 3 is 2.67 bits per heavy atom. The molecule has 1 amide bonds. The van der Waals surface area contributed by atoms with E-state index in [1.807, 2.05) is 24.3 Å². The quantitative estimate of drug-likeness (QED) is 0.785. The number of hydrogen-bond acceptors (Lipinski definition) is 6. The fourth-order valence-electron chi connectivity index (χ4n) is 2.46. The van der Waals surface area contributed by atoms with Crippen LogP contribution in [0.25, 0.3) is 6.08 Å². The topological polar surface area (TPSA) is 99.4 Å². The predicted octanol–water partition coefficient (Wildman–Crippen LogP) is 3.33.